The number of rotatable bonds is 8. The minimum absolute atomic E-state index is 0.0765. The normalized spacial score (nSPS) is 10.9. The summed E-state index contributed by atoms with van der Waals surface area (Å²) >= 11 is 2.83. The Morgan fingerprint density at radius 1 is 1.15 bits per heavy atom. The standard InChI is InChI=1S/C24H24N4O3S2/c1-15-7-5-9-20(11-15)30-12-22-26-27-24(31-22)33-14-19-13-32-23(25-19)28(18(4)29)21-10-6-8-16(2)17(21)3/h5-11,13H,12,14H2,1-4H3. The maximum Gasteiger partial charge on any atom is 0.277 e. The summed E-state index contributed by atoms with van der Waals surface area (Å²) < 4.78 is 11.4. The summed E-state index contributed by atoms with van der Waals surface area (Å²) in [6.07, 6.45) is 0. The lowest BCUT2D eigenvalue weighted by atomic mass is 10.1. The fourth-order valence-corrected chi connectivity index (χ4v) is 4.85. The number of ether oxygens (including phenoxy) is 1. The van der Waals surface area contributed by atoms with Crippen molar-refractivity contribution in [1.82, 2.24) is 15.2 Å². The van der Waals surface area contributed by atoms with Crippen LogP contribution in [0, 0.1) is 20.8 Å². The number of hydrogen-bond donors (Lipinski definition) is 0. The zero-order valence-electron chi connectivity index (χ0n) is 18.9. The van der Waals surface area contributed by atoms with Gasteiger partial charge in [-0.15, -0.1) is 21.5 Å². The van der Waals surface area contributed by atoms with Crippen LogP contribution >= 0.6 is 23.1 Å². The van der Waals surface area contributed by atoms with E-state index in [2.05, 4.69) is 15.2 Å². The van der Waals surface area contributed by atoms with E-state index in [1.54, 1.807) is 11.8 Å². The highest BCUT2D eigenvalue weighted by Crippen LogP contribution is 2.33. The van der Waals surface area contributed by atoms with Gasteiger partial charge in [-0.3, -0.25) is 9.69 Å². The van der Waals surface area contributed by atoms with Crippen LogP contribution in [0.1, 0.15) is 35.2 Å². The van der Waals surface area contributed by atoms with Crippen molar-refractivity contribution < 1.29 is 13.9 Å². The van der Waals surface area contributed by atoms with Crippen molar-refractivity contribution in [1.29, 1.82) is 0 Å². The average molecular weight is 481 g/mol. The van der Waals surface area contributed by atoms with Crippen LogP contribution in [0.3, 0.4) is 0 Å². The van der Waals surface area contributed by atoms with Crippen molar-refractivity contribution >= 4 is 39.8 Å². The van der Waals surface area contributed by atoms with E-state index in [9.17, 15) is 4.79 Å². The predicted octanol–water partition coefficient (Wildman–Crippen LogP) is 6.01. The number of thiazole rings is 1. The van der Waals surface area contributed by atoms with E-state index in [0.717, 1.165) is 33.8 Å². The topological polar surface area (TPSA) is 81.4 Å². The molecule has 0 bridgehead atoms. The summed E-state index contributed by atoms with van der Waals surface area (Å²) in [5, 5.41) is 11.2. The third-order valence-electron chi connectivity index (χ3n) is 5.01. The van der Waals surface area contributed by atoms with Crippen LogP contribution in [0.15, 0.2) is 57.5 Å². The Bertz CT molecular complexity index is 1270. The molecular formula is C24H24N4O3S2. The van der Waals surface area contributed by atoms with Crippen molar-refractivity contribution in [3.63, 3.8) is 0 Å². The van der Waals surface area contributed by atoms with Gasteiger partial charge < -0.3 is 9.15 Å². The smallest absolute Gasteiger partial charge is 0.277 e. The molecule has 2 heterocycles. The van der Waals surface area contributed by atoms with Gasteiger partial charge in [-0.1, -0.05) is 36.0 Å². The van der Waals surface area contributed by atoms with E-state index in [0.29, 0.717) is 22.0 Å². The predicted molar refractivity (Wildman–Crippen MR) is 130 cm³/mol. The number of carbonyl (C=O) groups is 1. The van der Waals surface area contributed by atoms with Gasteiger partial charge in [0.2, 0.25) is 5.91 Å². The molecule has 0 saturated carbocycles. The van der Waals surface area contributed by atoms with Crippen LogP contribution in [0.5, 0.6) is 5.75 Å². The number of nitrogens with zero attached hydrogens (tertiary/aromatic N) is 4. The van der Waals surface area contributed by atoms with Crippen molar-refractivity contribution in [2.75, 3.05) is 4.90 Å². The van der Waals surface area contributed by atoms with Crippen molar-refractivity contribution in [3.8, 4) is 5.75 Å². The molecule has 0 unspecified atom stereocenters. The molecule has 170 valence electrons. The largest absolute Gasteiger partial charge is 0.484 e. The number of carbonyl (C=O) groups excluding carboxylic acids is 1. The lowest BCUT2D eigenvalue weighted by Gasteiger charge is -2.21. The number of anilines is 2. The number of amides is 1. The zero-order chi connectivity index (χ0) is 23.4. The lowest BCUT2D eigenvalue weighted by Crippen LogP contribution is -2.23. The van der Waals surface area contributed by atoms with Crippen LogP contribution in [0.2, 0.25) is 0 Å². The molecule has 4 aromatic rings. The van der Waals surface area contributed by atoms with Crippen LogP contribution in [0.25, 0.3) is 0 Å². The van der Waals surface area contributed by atoms with E-state index < -0.39 is 0 Å². The fourth-order valence-electron chi connectivity index (χ4n) is 3.19. The first-order valence-corrected chi connectivity index (χ1v) is 12.2. The summed E-state index contributed by atoms with van der Waals surface area (Å²) in [5.74, 6) is 1.65. The van der Waals surface area contributed by atoms with Crippen LogP contribution < -0.4 is 9.64 Å². The maximum atomic E-state index is 12.4. The summed E-state index contributed by atoms with van der Waals surface area (Å²) in [6, 6.07) is 13.7. The molecule has 1 amide bonds. The molecule has 0 aliphatic heterocycles. The Kier molecular flexibility index (Phi) is 7.10. The molecule has 2 aromatic heterocycles. The lowest BCUT2D eigenvalue weighted by molar-refractivity contribution is -0.115. The number of hydrogen-bond acceptors (Lipinski definition) is 8. The highest BCUT2D eigenvalue weighted by atomic mass is 32.2. The third-order valence-corrected chi connectivity index (χ3v) is 6.73. The summed E-state index contributed by atoms with van der Waals surface area (Å²) in [6.45, 7) is 7.82. The SMILES string of the molecule is CC(=O)N(c1nc(CSc2nnc(COc3cccc(C)c3)o2)cs1)c1cccc(C)c1C. The van der Waals surface area contributed by atoms with Gasteiger partial charge in [0, 0.05) is 18.1 Å². The molecule has 0 aliphatic rings. The molecule has 0 fully saturated rings. The Morgan fingerprint density at radius 2 is 1.97 bits per heavy atom. The minimum Gasteiger partial charge on any atom is -0.484 e. The summed E-state index contributed by atoms with van der Waals surface area (Å²) in [7, 11) is 0. The highest BCUT2D eigenvalue weighted by Gasteiger charge is 2.20. The Balaban J connectivity index is 1.39. The van der Waals surface area contributed by atoms with E-state index in [1.807, 2.05) is 68.6 Å². The molecule has 7 nitrogen and oxygen atoms in total. The Labute approximate surface area is 200 Å². The first-order valence-electron chi connectivity index (χ1n) is 10.4. The second kappa shape index (κ2) is 10.2. The average Bonchev–Trinajstić information content (AvgIpc) is 3.43. The number of aryl methyl sites for hydroxylation is 2. The van der Waals surface area contributed by atoms with Crippen molar-refractivity contribution in [2.24, 2.45) is 0 Å². The Morgan fingerprint density at radius 3 is 2.76 bits per heavy atom. The molecule has 9 heteroatoms. The van der Waals surface area contributed by atoms with Gasteiger partial charge in [-0.25, -0.2) is 4.98 Å². The molecule has 0 aliphatic carbocycles. The van der Waals surface area contributed by atoms with Crippen LogP contribution in [-0.2, 0) is 17.2 Å². The fraction of sp³-hybridized carbons (Fsp3) is 0.250. The third kappa shape index (κ3) is 5.61. The van der Waals surface area contributed by atoms with Crippen molar-refractivity contribution in [2.45, 2.75) is 45.3 Å². The number of aromatic nitrogens is 3. The molecular weight excluding hydrogens is 456 g/mol. The van der Waals surface area contributed by atoms with Gasteiger partial charge in [-0.05, 0) is 55.7 Å². The molecule has 33 heavy (non-hydrogen) atoms. The number of benzene rings is 2. The van der Waals surface area contributed by atoms with E-state index >= 15 is 0 Å². The van der Waals surface area contributed by atoms with E-state index in [1.165, 1.54) is 23.1 Å². The molecule has 0 atom stereocenters. The summed E-state index contributed by atoms with van der Waals surface area (Å²) in [5.41, 5.74) is 5.01. The van der Waals surface area contributed by atoms with Gasteiger partial charge in [-0.2, -0.15) is 0 Å². The van der Waals surface area contributed by atoms with Gasteiger partial charge in [0.05, 0.1) is 11.4 Å². The molecule has 0 saturated heterocycles. The second-order valence-corrected chi connectivity index (χ2v) is 9.31. The molecule has 0 radical (unpaired) electrons. The second-order valence-electron chi connectivity index (χ2n) is 7.55. The first kappa shape index (κ1) is 23.0. The monoisotopic (exact) mass is 480 g/mol. The Hall–Kier alpha value is -3.17. The summed E-state index contributed by atoms with van der Waals surface area (Å²) in [4.78, 5) is 18.8. The van der Waals surface area contributed by atoms with Crippen LogP contribution in [0.4, 0.5) is 10.8 Å². The molecule has 0 spiro atoms. The molecule has 4 rings (SSSR count). The molecule has 0 N–H and O–H groups in total. The minimum atomic E-state index is -0.0765. The van der Waals surface area contributed by atoms with Crippen LogP contribution in [-0.4, -0.2) is 21.1 Å². The molecule has 2 aromatic carbocycles. The van der Waals surface area contributed by atoms with Gasteiger partial charge in [0.1, 0.15) is 5.75 Å². The zero-order valence-corrected chi connectivity index (χ0v) is 20.5. The highest BCUT2D eigenvalue weighted by molar-refractivity contribution is 7.98. The number of thioether (sulfide) groups is 1. The van der Waals surface area contributed by atoms with E-state index in [-0.39, 0.29) is 12.5 Å². The quantitative estimate of drug-likeness (QED) is 0.286. The van der Waals surface area contributed by atoms with Gasteiger partial charge in [0.15, 0.2) is 11.7 Å². The van der Waals surface area contributed by atoms with Gasteiger partial charge in [0.25, 0.3) is 11.1 Å². The van der Waals surface area contributed by atoms with Gasteiger partial charge >= 0.3 is 0 Å². The maximum absolute atomic E-state index is 12.4. The first-order chi connectivity index (χ1) is 15.9. The van der Waals surface area contributed by atoms with Crippen molar-refractivity contribution in [3.05, 3.63) is 76.1 Å². The van der Waals surface area contributed by atoms with E-state index in [4.69, 9.17) is 9.15 Å².